The van der Waals surface area contributed by atoms with E-state index in [1.807, 2.05) is 0 Å². The van der Waals surface area contributed by atoms with E-state index in [0.29, 0.717) is 5.75 Å². The molecule has 0 saturated heterocycles. The number of rotatable bonds is 8. The minimum atomic E-state index is -2.76. The van der Waals surface area contributed by atoms with Crippen LogP contribution in [0.4, 0.5) is 0 Å². The fourth-order valence-electron chi connectivity index (χ4n) is 1.25. The molecule has 0 heterocycles. The van der Waals surface area contributed by atoms with Crippen molar-refractivity contribution in [3.63, 3.8) is 0 Å². The standard InChI is InChI=1S/C10H23NO2S/c1-3-10(11)8-6-5-7-9-14(12,13)4-2/h10H,3-9,11H2,1-2H3. The van der Waals surface area contributed by atoms with Gasteiger partial charge in [-0.15, -0.1) is 0 Å². The van der Waals surface area contributed by atoms with Gasteiger partial charge in [-0.05, 0) is 19.3 Å². The molecule has 0 rings (SSSR count). The number of unbranched alkanes of at least 4 members (excludes halogenated alkanes) is 2. The summed E-state index contributed by atoms with van der Waals surface area (Å²) in [5, 5.41) is 0. The lowest BCUT2D eigenvalue weighted by molar-refractivity contribution is 0.544. The Hall–Kier alpha value is -0.0900. The topological polar surface area (TPSA) is 60.2 Å². The van der Waals surface area contributed by atoms with Crippen molar-refractivity contribution in [3.8, 4) is 0 Å². The molecule has 1 unspecified atom stereocenters. The molecule has 0 radical (unpaired) electrons. The molecule has 3 nitrogen and oxygen atoms in total. The van der Waals surface area contributed by atoms with E-state index in [4.69, 9.17) is 5.73 Å². The highest BCUT2D eigenvalue weighted by molar-refractivity contribution is 7.91. The van der Waals surface area contributed by atoms with Crippen molar-refractivity contribution in [1.82, 2.24) is 0 Å². The molecule has 0 amide bonds. The molecule has 0 saturated carbocycles. The molecule has 0 fully saturated rings. The number of hydrogen-bond donors (Lipinski definition) is 1. The molecule has 2 N–H and O–H groups in total. The zero-order chi connectivity index (χ0) is 11.0. The van der Waals surface area contributed by atoms with Crippen molar-refractivity contribution in [2.45, 2.75) is 52.0 Å². The SMILES string of the molecule is CCC(N)CCCCCS(=O)(=O)CC. The maximum Gasteiger partial charge on any atom is 0.150 e. The second-order valence-electron chi connectivity index (χ2n) is 3.75. The number of nitrogens with two attached hydrogens (primary N) is 1. The van der Waals surface area contributed by atoms with E-state index in [9.17, 15) is 8.42 Å². The van der Waals surface area contributed by atoms with E-state index in [-0.39, 0.29) is 11.8 Å². The summed E-state index contributed by atoms with van der Waals surface area (Å²) >= 11 is 0. The van der Waals surface area contributed by atoms with E-state index in [2.05, 4.69) is 6.92 Å². The zero-order valence-corrected chi connectivity index (χ0v) is 10.1. The monoisotopic (exact) mass is 221 g/mol. The van der Waals surface area contributed by atoms with Crippen molar-refractivity contribution in [1.29, 1.82) is 0 Å². The molecule has 0 spiro atoms. The molecule has 0 bridgehead atoms. The summed E-state index contributed by atoms with van der Waals surface area (Å²) in [6, 6.07) is 0.290. The van der Waals surface area contributed by atoms with Crippen LogP contribution in [0.2, 0.25) is 0 Å². The molecule has 0 aromatic carbocycles. The summed E-state index contributed by atoms with van der Waals surface area (Å²) in [4.78, 5) is 0. The van der Waals surface area contributed by atoms with Gasteiger partial charge in [0.15, 0.2) is 0 Å². The zero-order valence-electron chi connectivity index (χ0n) is 9.33. The average Bonchev–Trinajstić information content (AvgIpc) is 2.17. The largest absolute Gasteiger partial charge is 0.328 e. The van der Waals surface area contributed by atoms with Crippen molar-refractivity contribution in [2.75, 3.05) is 11.5 Å². The van der Waals surface area contributed by atoms with Gasteiger partial charge in [-0.25, -0.2) is 8.42 Å². The van der Waals surface area contributed by atoms with Crippen LogP contribution in [0.3, 0.4) is 0 Å². The predicted octanol–water partition coefficient (Wildman–Crippen LogP) is 1.72. The maximum atomic E-state index is 11.1. The van der Waals surface area contributed by atoms with E-state index >= 15 is 0 Å². The van der Waals surface area contributed by atoms with Crippen molar-refractivity contribution in [2.24, 2.45) is 5.73 Å². The van der Waals surface area contributed by atoms with Crippen molar-refractivity contribution in [3.05, 3.63) is 0 Å². The van der Waals surface area contributed by atoms with Gasteiger partial charge in [0, 0.05) is 11.8 Å². The van der Waals surface area contributed by atoms with Gasteiger partial charge in [0.2, 0.25) is 0 Å². The van der Waals surface area contributed by atoms with E-state index in [1.165, 1.54) is 0 Å². The molecule has 4 heteroatoms. The van der Waals surface area contributed by atoms with Gasteiger partial charge < -0.3 is 5.73 Å². The summed E-state index contributed by atoms with van der Waals surface area (Å²) in [5.74, 6) is 0.604. The van der Waals surface area contributed by atoms with Crippen molar-refractivity contribution < 1.29 is 8.42 Å². The lowest BCUT2D eigenvalue weighted by Crippen LogP contribution is -2.18. The highest BCUT2D eigenvalue weighted by Crippen LogP contribution is 2.06. The summed E-state index contributed by atoms with van der Waals surface area (Å²) < 4.78 is 22.3. The Morgan fingerprint density at radius 2 is 1.79 bits per heavy atom. The normalized spacial score (nSPS) is 14.2. The van der Waals surface area contributed by atoms with E-state index in [0.717, 1.165) is 32.1 Å². The highest BCUT2D eigenvalue weighted by atomic mass is 32.2. The maximum absolute atomic E-state index is 11.1. The van der Waals surface area contributed by atoms with Crippen molar-refractivity contribution >= 4 is 9.84 Å². The van der Waals surface area contributed by atoms with Crippen LogP contribution in [-0.4, -0.2) is 26.0 Å². The third-order valence-electron chi connectivity index (χ3n) is 2.49. The van der Waals surface area contributed by atoms with Crippen LogP contribution in [0, 0.1) is 0 Å². The molecule has 1 atom stereocenters. The fraction of sp³-hybridized carbons (Fsp3) is 1.00. The van der Waals surface area contributed by atoms with E-state index in [1.54, 1.807) is 6.92 Å². The Kier molecular flexibility index (Phi) is 7.19. The molecule has 0 aliphatic carbocycles. The van der Waals surface area contributed by atoms with Crippen LogP contribution in [0.1, 0.15) is 46.0 Å². The van der Waals surface area contributed by atoms with Gasteiger partial charge in [-0.3, -0.25) is 0 Å². The second kappa shape index (κ2) is 7.23. The minimum Gasteiger partial charge on any atom is -0.328 e. The first kappa shape index (κ1) is 13.9. The van der Waals surface area contributed by atoms with Crippen LogP contribution in [0.5, 0.6) is 0 Å². The Morgan fingerprint density at radius 3 is 2.29 bits per heavy atom. The minimum absolute atomic E-state index is 0.265. The third kappa shape index (κ3) is 7.33. The van der Waals surface area contributed by atoms with E-state index < -0.39 is 9.84 Å². The molecule has 14 heavy (non-hydrogen) atoms. The molecular weight excluding hydrogens is 198 g/mol. The first-order valence-corrected chi connectivity index (χ1v) is 7.30. The third-order valence-corrected chi connectivity index (χ3v) is 4.28. The summed E-state index contributed by atoms with van der Waals surface area (Å²) in [6.45, 7) is 3.77. The molecule has 0 aromatic rings. The molecule has 0 aromatic heterocycles. The summed E-state index contributed by atoms with van der Waals surface area (Å²) in [6.07, 6.45) is 4.84. The Bertz CT molecular complexity index is 224. The number of hydrogen-bond acceptors (Lipinski definition) is 3. The lowest BCUT2D eigenvalue weighted by Gasteiger charge is -2.07. The van der Waals surface area contributed by atoms with Gasteiger partial charge >= 0.3 is 0 Å². The summed E-state index contributed by atoms with van der Waals surface area (Å²) in [7, 11) is -2.76. The summed E-state index contributed by atoms with van der Waals surface area (Å²) in [5.41, 5.74) is 5.75. The van der Waals surface area contributed by atoms with Crippen LogP contribution < -0.4 is 5.73 Å². The molecule has 0 aliphatic rings. The van der Waals surface area contributed by atoms with Gasteiger partial charge in [-0.1, -0.05) is 26.7 Å². The number of sulfone groups is 1. The first-order chi connectivity index (χ1) is 6.52. The van der Waals surface area contributed by atoms with Crippen LogP contribution >= 0.6 is 0 Å². The second-order valence-corrected chi connectivity index (χ2v) is 6.23. The first-order valence-electron chi connectivity index (χ1n) is 5.47. The quantitative estimate of drug-likeness (QED) is 0.635. The van der Waals surface area contributed by atoms with Gasteiger partial charge in [0.1, 0.15) is 9.84 Å². The highest BCUT2D eigenvalue weighted by Gasteiger charge is 2.06. The molecule has 0 aliphatic heterocycles. The predicted molar refractivity (Wildman–Crippen MR) is 61.1 cm³/mol. The van der Waals surface area contributed by atoms with Gasteiger partial charge in [-0.2, -0.15) is 0 Å². The molecular formula is C10H23NO2S. The lowest BCUT2D eigenvalue weighted by atomic mass is 10.1. The Labute approximate surface area is 88.0 Å². The molecule has 86 valence electrons. The van der Waals surface area contributed by atoms with Crippen LogP contribution in [0.15, 0.2) is 0 Å². The van der Waals surface area contributed by atoms with Crippen LogP contribution in [-0.2, 0) is 9.84 Å². The fourth-order valence-corrected chi connectivity index (χ4v) is 2.19. The Balaban J connectivity index is 3.39. The van der Waals surface area contributed by atoms with Gasteiger partial charge in [0.05, 0.1) is 5.75 Å². The van der Waals surface area contributed by atoms with Gasteiger partial charge in [0.25, 0.3) is 0 Å². The Morgan fingerprint density at radius 1 is 1.14 bits per heavy atom. The smallest absolute Gasteiger partial charge is 0.150 e. The average molecular weight is 221 g/mol. The van der Waals surface area contributed by atoms with Crippen LogP contribution in [0.25, 0.3) is 0 Å².